The van der Waals surface area contributed by atoms with Crippen LogP contribution in [0.15, 0.2) is 12.1 Å². The Kier molecular flexibility index (Phi) is 2.95. The average molecular weight is 294 g/mol. The number of hydrogen-bond donors (Lipinski definition) is 2. The maximum Gasteiger partial charge on any atom is 0.423 e. The number of halogens is 5. The Bertz CT molecular complexity index is 614. The molecule has 108 valence electrons. The number of rotatable bonds is 1. The van der Waals surface area contributed by atoms with Gasteiger partial charge < -0.3 is 10.6 Å². The van der Waals surface area contributed by atoms with E-state index in [4.69, 9.17) is 0 Å². The van der Waals surface area contributed by atoms with Crippen molar-refractivity contribution in [1.29, 1.82) is 0 Å². The molecule has 1 unspecified atom stereocenters. The molecule has 0 radical (unpaired) electrons. The summed E-state index contributed by atoms with van der Waals surface area (Å²) in [4.78, 5) is 22.8. The average Bonchev–Trinajstić information content (AvgIpc) is 2.31. The third kappa shape index (κ3) is 1.73. The fourth-order valence-corrected chi connectivity index (χ4v) is 2.08. The predicted molar refractivity (Wildman–Crippen MR) is 56.9 cm³/mol. The minimum absolute atomic E-state index is 0.535. The van der Waals surface area contributed by atoms with Crippen molar-refractivity contribution in [1.82, 2.24) is 5.32 Å². The molecule has 0 fully saturated rings. The summed E-state index contributed by atoms with van der Waals surface area (Å²) in [6, 6.07) is -0.0206. The van der Waals surface area contributed by atoms with Crippen LogP contribution in [0.3, 0.4) is 0 Å². The van der Waals surface area contributed by atoms with E-state index in [1.54, 1.807) is 0 Å². The van der Waals surface area contributed by atoms with Gasteiger partial charge in [-0.25, -0.2) is 13.6 Å². The summed E-state index contributed by atoms with van der Waals surface area (Å²) >= 11 is 0. The Labute approximate surface area is 109 Å². The molecule has 0 aliphatic carbocycles. The number of benzene rings is 1. The minimum Gasteiger partial charge on any atom is -0.313 e. The van der Waals surface area contributed by atoms with Gasteiger partial charge in [0, 0.05) is 0 Å². The number of ketones is 1. The standard InChI is InChI=1S/C11H7F5N2O2/c1-4(19)10(11(14,15)16)7-6(17-9(20)18-10)3-2-5(12)8(7)13/h2-3H,1H3,(H2,17,18,20). The second kappa shape index (κ2) is 4.15. The van der Waals surface area contributed by atoms with Gasteiger partial charge in [-0.1, -0.05) is 0 Å². The van der Waals surface area contributed by atoms with Crippen molar-refractivity contribution < 1.29 is 31.5 Å². The molecular weight excluding hydrogens is 287 g/mol. The number of carbonyl (C=O) groups is 2. The molecule has 2 amide bonds. The summed E-state index contributed by atoms with van der Waals surface area (Å²) < 4.78 is 66.8. The van der Waals surface area contributed by atoms with Crippen molar-refractivity contribution in [2.24, 2.45) is 0 Å². The fourth-order valence-electron chi connectivity index (χ4n) is 2.08. The van der Waals surface area contributed by atoms with Gasteiger partial charge in [0.15, 0.2) is 17.4 Å². The van der Waals surface area contributed by atoms with E-state index in [1.807, 2.05) is 5.32 Å². The summed E-state index contributed by atoms with van der Waals surface area (Å²) in [5.41, 5.74) is -5.51. The molecule has 0 saturated heterocycles. The lowest BCUT2D eigenvalue weighted by atomic mass is 9.82. The van der Waals surface area contributed by atoms with E-state index in [-0.39, 0.29) is 0 Å². The molecule has 0 spiro atoms. The smallest absolute Gasteiger partial charge is 0.313 e. The second-order valence-corrected chi connectivity index (χ2v) is 4.17. The van der Waals surface area contributed by atoms with E-state index < -0.39 is 46.4 Å². The number of amides is 2. The summed E-state index contributed by atoms with van der Waals surface area (Å²) in [5, 5.41) is 3.26. The van der Waals surface area contributed by atoms with Gasteiger partial charge in [0.1, 0.15) is 0 Å². The summed E-state index contributed by atoms with van der Waals surface area (Å²) in [6.45, 7) is 0.535. The van der Waals surface area contributed by atoms with Crippen molar-refractivity contribution in [3.8, 4) is 0 Å². The molecule has 1 aliphatic heterocycles. The normalized spacial score (nSPS) is 21.8. The first-order chi connectivity index (χ1) is 9.11. The van der Waals surface area contributed by atoms with Gasteiger partial charge in [-0.2, -0.15) is 13.2 Å². The monoisotopic (exact) mass is 294 g/mol. The fraction of sp³-hybridized carbons (Fsp3) is 0.273. The number of anilines is 1. The first kappa shape index (κ1) is 14.2. The lowest BCUT2D eigenvalue weighted by Crippen LogP contribution is -2.64. The van der Waals surface area contributed by atoms with Gasteiger partial charge in [-0.05, 0) is 19.1 Å². The van der Waals surface area contributed by atoms with Gasteiger partial charge in [0.05, 0.1) is 11.3 Å². The van der Waals surface area contributed by atoms with E-state index in [2.05, 4.69) is 0 Å². The molecule has 4 nitrogen and oxygen atoms in total. The van der Waals surface area contributed by atoms with Crippen LogP contribution in [-0.4, -0.2) is 18.0 Å². The second-order valence-electron chi connectivity index (χ2n) is 4.17. The topological polar surface area (TPSA) is 58.2 Å². The Hall–Kier alpha value is -2.19. The molecule has 2 N–H and O–H groups in total. The highest BCUT2D eigenvalue weighted by Crippen LogP contribution is 2.46. The Morgan fingerprint density at radius 3 is 2.35 bits per heavy atom. The van der Waals surface area contributed by atoms with E-state index in [1.165, 1.54) is 5.32 Å². The van der Waals surface area contributed by atoms with Crippen molar-refractivity contribution in [3.05, 3.63) is 29.3 Å². The molecule has 9 heteroatoms. The number of Topliss-reactive ketones (excluding diaryl/α,β-unsaturated/α-hetero) is 1. The summed E-state index contributed by atoms with van der Waals surface area (Å²) in [7, 11) is 0. The van der Waals surface area contributed by atoms with Crippen molar-refractivity contribution in [2.75, 3.05) is 5.32 Å². The molecule has 0 saturated carbocycles. The van der Waals surface area contributed by atoms with Gasteiger partial charge >= 0.3 is 12.2 Å². The highest BCUT2D eigenvalue weighted by molar-refractivity contribution is 6.02. The van der Waals surface area contributed by atoms with Crippen LogP contribution in [0, 0.1) is 11.6 Å². The SMILES string of the molecule is CC(=O)C1(C(F)(F)F)NC(=O)Nc2ccc(F)c(F)c21. The molecular formula is C11H7F5N2O2. The number of alkyl halides is 3. The molecule has 0 aromatic heterocycles. The summed E-state index contributed by atoms with van der Waals surface area (Å²) in [5.74, 6) is -4.98. The van der Waals surface area contributed by atoms with Crippen LogP contribution in [0.4, 0.5) is 32.4 Å². The van der Waals surface area contributed by atoms with Crippen molar-refractivity contribution in [2.45, 2.75) is 18.6 Å². The first-order valence-electron chi connectivity index (χ1n) is 5.26. The largest absolute Gasteiger partial charge is 0.423 e. The molecule has 20 heavy (non-hydrogen) atoms. The highest BCUT2D eigenvalue weighted by atomic mass is 19.4. The third-order valence-electron chi connectivity index (χ3n) is 2.97. The number of nitrogens with one attached hydrogen (secondary N) is 2. The van der Waals surface area contributed by atoms with E-state index in [0.717, 1.165) is 6.07 Å². The lowest BCUT2D eigenvalue weighted by molar-refractivity contribution is -0.198. The van der Waals surface area contributed by atoms with Crippen LogP contribution >= 0.6 is 0 Å². The molecule has 1 aromatic carbocycles. The maximum atomic E-state index is 13.8. The first-order valence-corrected chi connectivity index (χ1v) is 5.26. The van der Waals surface area contributed by atoms with E-state index >= 15 is 0 Å². The third-order valence-corrected chi connectivity index (χ3v) is 2.97. The maximum absolute atomic E-state index is 13.8. The van der Waals surface area contributed by atoms with Crippen LogP contribution in [0.2, 0.25) is 0 Å². The quantitative estimate of drug-likeness (QED) is 0.782. The van der Waals surface area contributed by atoms with Crippen LogP contribution in [0.5, 0.6) is 0 Å². The summed E-state index contributed by atoms with van der Waals surface area (Å²) in [6.07, 6.45) is -5.33. The van der Waals surface area contributed by atoms with Gasteiger partial charge in [0.2, 0.25) is 5.54 Å². The number of hydrogen-bond acceptors (Lipinski definition) is 2. The van der Waals surface area contributed by atoms with E-state index in [9.17, 15) is 31.5 Å². The predicted octanol–water partition coefficient (Wildman–Crippen LogP) is 2.45. The van der Waals surface area contributed by atoms with Crippen LogP contribution in [0.25, 0.3) is 0 Å². The zero-order valence-electron chi connectivity index (χ0n) is 9.86. The lowest BCUT2D eigenvalue weighted by Gasteiger charge is -2.39. The zero-order chi connectivity index (χ0) is 15.3. The molecule has 1 heterocycles. The Morgan fingerprint density at radius 1 is 1.25 bits per heavy atom. The molecule has 0 bridgehead atoms. The molecule has 1 atom stereocenters. The Morgan fingerprint density at radius 2 is 1.85 bits per heavy atom. The van der Waals surface area contributed by atoms with Gasteiger partial charge in [-0.3, -0.25) is 4.79 Å². The number of carbonyl (C=O) groups excluding carboxylic acids is 2. The van der Waals surface area contributed by atoms with Crippen LogP contribution < -0.4 is 10.6 Å². The van der Waals surface area contributed by atoms with Gasteiger partial charge in [-0.15, -0.1) is 0 Å². The number of urea groups is 1. The van der Waals surface area contributed by atoms with Crippen molar-refractivity contribution >= 4 is 17.5 Å². The highest BCUT2D eigenvalue weighted by Gasteiger charge is 2.64. The van der Waals surface area contributed by atoms with Crippen LogP contribution in [0.1, 0.15) is 12.5 Å². The molecule has 1 aliphatic rings. The van der Waals surface area contributed by atoms with E-state index in [0.29, 0.717) is 13.0 Å². The minimum atomic E-state index is -5.33. The molecule has 1 aromatic rings. The molecule has 2 rings (SSSR count). The van der Waals surface area contributed by atoms with Crippen molar-refractivity contribution in [3.63, 3.8) is 0 Å². The van der Waals surface area contributed by atoms with Crippen LogP contribution in [-0.2, 0) is 10.3 Å². The Balaban J connectivity index is 2.89. The zero-order valence-corrected chi connectivity index (χ0v) is 9.86. The van der Waals surface area contributed by atoms with Gasteiger partial charge in [0.25, 0.3) is 0 Å². The number of fused-ring (bicyclic) bond motifs is 1.